The monoisotopic (exact) mass is 453 g/mol. The number of anilines is 1. The number of carbonyl (C=O) groups is 1. The highest BCUT2D eigenvalue weighted by Crippen LogP contribution is 2.32. The lowest BCUT2D eigenvalue weighted by Crippen LogP contribution is -2.24. The SMILES string of the molecule is CCSc1oc2c(C(C)Nc3ccccc3C(=O)OC(C)(C)C)cc(C)cc2c(=O)c1C. The Morgan fingerprint density at radius 2 is 1.88 bits per heavy atom. The van der Waals surface area contributed by atoms with E-state index in [4.69, 9.17) is 9.15 Å². The number of benzene rings is 2. The summed E-state index contributed by atoms with van der Waals surface area (Å²) in [5.41, 5.74) is 3.60. The molecule has 1 heterocycles. The van der Waals surface area contributed by atoms with Gasteiger partial charge in [-0.3, -0.25) is 4.79 Å². The highest BCUT2D eigenvalue weighted by molar-refractivity contribution is 7.99. The van der Waals surface area contributed by atoms with E-state index in [1.165, 1.54) is 11.8 Å². The van der Waals surface area contributed by atoms with Crippen LogP contribution >= 0.6 is 11.8 Å². The lowest BCUT2D eigenvalue weighted by Gasteiger charge is -2.23. The molecule has 5 nitrogen and oxygen atoms in total. The van der Waals surface area contributed by atoms with Crippen molar-refractivity contribution in [1.82, 2.24) is 0 Å². The number of thioether (sulfide) groups is 1. The van der Waals surface area contributed by atoms with Crippen LogP contribution < -0.4 is 10.7 Å². The maximum Gasteiger partial charge on any atom is 0.340 e. The van der Waals surface area contributed by atoms with E-state index in [-0.39, 0.29) is 17.4 Å². The molecule has 0 aliphatic heterocycles. The number of nitrogens with one attached hydrogen (secondary N) is 1. The van der Waals surface area contributed by atoms with Gasteiger partial charge < -0.3 is 14.5 Å². The third-order valence-corrected chi connectivity index (χ3v) is 5.95. The first kappa shape index (κ1) is 23.9. The second kappa shape index (κ2) is 9.41. The third kappa shape index (κ3) is 5.18. The third-order valence-electron chi connectivity index (χ3n) is 5.01. The van der Waals surface area contributed by atoms with Crippen molar-refractivity contribution in [3.63, 3.8) is 0 Å². The van der Waals surface area contributed by atoms with Gasteiger partial charge in [0.15, 0.2) is 10.5 Å². The van der Waals surface area contributed by atoms with E-state index in [9.17, 15) is 9.59 Å². The Bertz CT molecular complexity index is 1210. The number of esters is 1. The maximum atomic E-state index is 13.0. The summed E-state index contributed by atoms with van der Waals surface area (Å²) in [6, 6.07) is 11.0. The smallest absolute Gasteiger partial charge is 0.340 e. The zero-order valence-electron chi connectivity index (χ0n) is 19.8. The van der Waals surface area contributed by atoms with Gasteiger partial charge in [0.1, 0.15) is 11.2 Å². The van der Waals surface area contributed by atoms with Gasteiger partial charge in [-0.2, -0.15) is 0 Å². The molecule has 0 saturated heterocycles. The summed E-state index contributed by atoms with van der Waals surface area (Å²) in [4.78, 5) is 25.8. The Morgan fingerprint density at radius 1 is 1.19 bits per heavy atom. The van der Waals surface area contributed by atoms with E-state index in [1.807, 2.05) is 78.8 Å². The first-order valence-corrected chi connectivity index (χ1v) is 11.8. The number of ether oxygens (including phenoxy) is 1. The van der Waals surface area contributed by atoms with Gasteiger partial charge in [-0.25, -0.2) is 4.79 Å². The summed E-state index contributed by atoms with van der Waals surface area (Å²) in [6.45, 7) is 13.3. The lowest BCUT2D eigenvalue weighted by atomic mass is 10.00. The zero-order valence-corrected chi connectivity index (χ0v) is 20.6. The number of hydrogen-bond acceptors (Lipinski definition) is 6. The number of carbonyl (C=O) groups excluding carboxylic acids is 1. The minimum absolute atomic E-state index is 0.00601. The van der Waals surface area contributed by atoms with Gasteiger partial charge in [0, 0.05) is 16.8 Å². The first-order valence-electron chi connectivity index (χ1n) is 10.8. The summed E-state index contributed by atoms with van der Waals surface area (Å²) in [5, 5.41) is 4.65. The predicted octanol–water partition coefficient (Wildman–Crippen LogP) is 6.65. The average molecular weight is 454 g/mol. The van der Waals surface area contributed by atoms with Crippen LogP contribution in [0.4, 0.5) is 5.69 Å². The van der Waals surface area contributed by atoms with Crippen LogP contribution in [0.25, 0.3) is 11.0 Å². The first-order chi connectivity index (χ1) is 15.0. The zero-order chi connectivity index (χ0) is 23.6. The van der Waals surface area contributed by atoms with E-state index >= 15 is 0 Å². The van der Waals surface area contributed by atoms with Gasteiger partial charge in [-0.05, 0) is 71.1 Å². The van der Waals surface area contributed by atoms with Crippen molar-refractivity contribution in [2.75, 3.05) is 11.1 Å². The van der Waals surface area contributed by atoms with Crippen LogP contribution in [-0.2, 0) is 4.74 Å². The molecule has 32 heavy (non-hydrogen) atoms. The highest BCUT2D eigenvalue weighted by atomic mass is 32.2. The van der Waals surface area contributed by atoms with Crippen molar-refractivity contribution < 1.29 is 13.9 Å². The molecular formula is C26H31NO4S. The molecule has 6 heteroatoms. The van der Waals surface area contributed by atoms with Crippen LogP contribution in [-0.4, -0.2) is 17.3 Å². The molecule has 0 amide bonds. The summed E-state index contributed by atoms with van der Waals surface area (Å²) in [5.74, 6) is 0.429. The van der Waals surface area contributed by atoms with E-state index in [0.717, 1.165) is 16.9 Å². The number of aryl methyl sites for hydroxylation is 1. The van der Waals surface area contributed by atoms with Gasteiger partial charge in [0.2, 0.25) is 0 Å². The minimum Gasteiger partial charge on any atom is -0.456 e. The Kier molecular flexibility index (Phi) is 7.03. The number of fused-ring (bicyclic) bond motifs is 1. The molecule has 3 aromatic rings. The molecule has 2 aromatic carbocycles. The highest BCUT2D eigenvalue weighted by Gasteiger charge is 2.22. The van der Waals surface area contributed by atoms with Crippen molar-refractivity contribution in [1.29, 1.82) is 0 Å². The molecule has 3 rings (SSSR count). The van der Waals surface area contributed by atoms with E-state index in [1.54, 1.807) is 6.07 Å². The van der Waals surface area contributed by atoms with Gasteiger partial charge in [0.05, 0.1) is 17.0 Å². The van der Waals surface area contributed by atoms with Gasteiger partial charge >= 0.3 is 5.97 Å². The molecule has 0 aliphatic rings. The van der Waals surface area contributed by atoms with E-state index in [0.29, 0.717) is 32.9 Å². The van der Waals surface area contributed by atoms with Crippen molar-refractivity contribution >= 4 is 34.4 Å². The molecule has 1 unspecified atom stereocenters. The molecule has 1 atom stereocenters. The van der Waals surface area contributed by atoms with Crippen LogP contribution in [0.2, 0.25) is 0 Å². The summed E-state index contributed by atoms with van der Waals surface area (Å²) in [7, 11) is 0. The minimum atomic E-state index is -0.586. The molecule has 170 valence electrons. The predicted molar refractivity (Wildman–Crippen MR) is 132 cm³/mol. The topological polar surface area (TPSA) is 68.5 Å². The van der Waals surface area contributed by atoms with Gasteiger partial charge in [-0.15, -0.1) is 0 Å². The average Bonchev–Trinajstić information content (AvgIpc) is 2.71. The lowest BCUT2D eigenvalue weighted by molar-refractivity contribution is 0.00706. The van der Waals surface area contributed by atoms with Crippen LogP contribution in [0.3, 0.4) is 0 Å². The number of hydrogen-bond donors (Lipinski definition) is 1. The Labute approximate surface area is 193 Å². The van der Waals surface area contributed by atoms with Crippen molar-refractivity contribution in [2.45, 2.75) is 65.2 Å². The fraction of sp³-hybridized carbons (Fsp3) is 0.385. The molecular weight excluding hydrogens is 422 g/mol. The Morgan fingerprint density at radius 3 is 2.53 bits per heavy atom. The van der Waals surface area contributed by atoms with Crippen molar-refractivity contribution in [3.8, 4) is 0 Å². The fourth-order valence-corrected chi connectivity index (χ4v) is 4.28. The Hall–Kier alpha value is -2.73. The molecule has 0 fully saturated rings. The Balaban J connectivity index is 2.06. The fourth-order valence-electron chi connectivity index (χ4n) is 3.57. The van der Waals surface area contributed by atoms with Crippen LogP contribution in [0.1, 0.15) is 67.7 Å². The molecule has 0 bridgehead atoms. The van der Waals surface area contributed by atoms with Crippen molar-refractivity contribution in [3.05, 3.63) is 68.9 Å². The normalized spacial score (nSPS) is 12.6. The molecule has 0 spiro atoms. The van der Waals surface area contributed by atoms with E-state index in [2.05, 4.69) is 5.32 Å². The molecule has 1 aromatic heterocycles. The largest absolute Gasteiger partial charge is 0.456 e. The number of para-hydroxylation sites is 1. The second-order valence-electron chi connectivity index (χ2n) is 8.92. The van der Waals surface area contributed by atoms with Gasteiger partial charge in [-0.1, -0.05) is 36.9 Å². The second-order valence-corrected chi connectivity index (χ2v) is 10.2. The van der Waals surface area contributed by atoms with Gasteiger partial charge in [0.25, 0.3) is 0 Å². The maximum absolute atomic E-state index is 13.0. The molecule has 0 aliphatic carbocycles. The summed E-state index contributed by atoms with van der Waals surface area (Å²) < 4.78 is 11.8. The number of rotatable bonds is 6. The molecule has 0 radical (unpaired) electrons. The quantitative estimate of drug-likeness (QED) is 0.333. The standard InChI is InChI=1S/C26H31NO4S/c1-8-32-25-16(3)22(28)20-14-15(2)13-19(23(20)30-25)17(4)27-21-12-10-9-11-18(21)24(29)31-26(5,6)7/h9-14,17,27H,8H2,1-7H3. The van der Waals surface area contributed by atoms with Crippen molar-refractivity contribution in [2.24, 2.45) is 0 Å². The summed E-state index contributed by atoms with van der Waals surface area (Å²) >= 11 is 1.52. The molecule has 0 saturated carbocycles. The van der Waals surface area contributed by atoms with Crippen LogP contribution in [0, 0.1) is 13.8 Å². The van der Waals surface area contributed by atoms with Crippen LogP contribution in [0.15, 0.2) is 50.7 Å². The molecule has 1 N–H and O–H groups in total. The summed E-state index contributed by atoms with van der Waals surface area (Å²) in [6.07, 6.45) is 0. The van der Waals surface area contributed by atoms with E-state index < -0.39 is 5.60 Å². The van der Waals surface area contributed by atoms with Crippen LogP contribution in [0.5, 0.6) is 0 Å².